The Morgan fingerprint density at radius 3 is 2.56 bits per heavy atom. The lowest BCUT2D eigenvalue weighted by molar-refractivity contribution is -0.384. The van der Waals surface area contributed by atoms with Gasteiger partial charge in [0, 0.05) is 24.9 Å². The fraction of sp³-hybridized carbons (Fsp3) is 0.333. The number of nitrogens with one attached hydrogen (secondary N) is 1. The molecule has 0 saturated heterocycles. The maximum absolute atomic E-state index is 10.8. The van der Waals surface area contributed by atoms with Gasteiger partial charge in [-0.15, -0.1) is 0 Å². The fourth-order valence-electron chi connectivity index (χ4n) is 3.39. The van der Waals surface area contributed by atoms with Gasteiger partial charge < -0.3 is 5.32 Å². The van der Waals surface area contributed by atoms with Crippen LogP contribution in [0.1, 0.15) is 36.5 Å². The van der Waals surface area contributed by atoms with Gasteiger partial charge in [0.15, 0.2) is 0 Å². The minimum Gasteiger partial charge on any atom is -0.388 e. The van der Waals surface area contributed by atoms with Crippen molar-refractivity contribution in [2.45, 2.75) is 32.6 Å². The number of benzene rings is 2. The van der Waals surface area contributed by atoms with Crippen LogP contribution in [0.3, 0.4) is 0 Å². The van der Waals surface area contributed by atoms with Crippen molar-refractivity contribution < 1.29 is 4.92 Å². The summed E-state index contributed by atoms with van der Waals surface area (Å²) in [5.74, 6) is 0.564. The van der Waals surface area contributed by atoms with E-state index in [0.717, 1.165) is 24.8 Å². The molecule has 1 aliphatic carbocycles. The summed E-state index contributed by atoms with van der Waals surface area (Å²) in [5.41, 5.74) is 6.58. The molecule has 4 nitrogen and oxygen atoms in total. The van der Waals surface area contributed by atoms with Crippen LogP contribution in [0.5, 0.6) is 0 Å². The number of anilines is 1. The summed E-state index contributed by atoms with van der Waals surface area (Å²) in [4.78, 5) is 10.4. The Balaban J connectivity index is 1.75. The number of rotatable bonds is 6. The molecule has 25 heavy (non-hydrogen) atoms. The monoisotopic (exact) mass is 336 g/mol. The Kier molecular flexibility index (Phi) is 5.17. The summed E-state index contributed by atoms with van der Waals surface area (Å²) in [6.07, 6.45) is 6.61. The van der Waals surface area contributed by atoms with Gasteiger partial charge in [-0.1, -0.05) is 30.7 Å². The van der Waals surface area contributed by atoms with E-state index in [-0.39, 0.29) is 10.6 Å². The Bertz CT molecular complexity index is 794. The van der Waals surface area contributed by atoms with E-state index in [0.29, 0.717) is 5.92 Å². The second-order valence-electron chi connectivity index (χ2n) is 6.60. The van der Waals surface area contributed by atoms with E-state index in [1.165, 1.54) is 28.8 Å². The second-order valence-corrected chi connectivity index (χ2v) is 6.60. The molecule has 0 heterocycles. The summed E-state index contributed by atoms with van der Waals surface area (Å²) in [6.45, 7) is 2.18. The molecule has 1 aliphatic rings. The molecule has 1 N–H and O–H groups in total. The zero-order chi connectivity index (χ0) is 17.8. The maximum Gasteiger partial charge on any atom is 0.269 e. The van der Waals surface area contributed by atoms with Crippen molar-refractivity contribution in [2.75, 3.05) is 12.4 Å². The van der Waals surface area contributed by atoms with Crippen LogP contribution in [0.25, 0.3) is 6.08 Å². The zero-order valence-corrected chi connectivity index (χ0v) is 14.8. The largest absolute Gasteiger partial charge is 0.388 e. The first-order valence-electron chi connectivity index (χ1n) is 8.85. The van der Waals surface area contributed by atoms with Gasteiger partial charge in [-0.2, -0.15) is 0 Å². The molecule has 1 atom stereocenters. The molecule has 1 unspecified atom stereocenters. The van der Waals surface area contributed by atoms with Crippen molar-refractivity contribution in [1.82, 2.24) is 0 Å². The summed E-state index contributed by atoms with van der Waals surface area (Å²) in [7, 11) is 1.97. The van der Waals surface area contributed by atoms with Crippen LogP contribution >= 0.6 is 0 Å². The normalized spacial score (nSPS) is 18.0. The molecule has 0 amide bonds. The van der Waals surface area contributed by atoms with Crippen molar-refractivity contribution >= 4 is 17.5 Å². The molecule has 4 heteroatoms. The van der Waals surface area contributed by atoms with Crippen molar-refractivity contribution in [3.63, 3.8) is 0 Å². The minimum atomic E-state index is -0.358. The lowest BCUT2D eigenvalue weighted by Crippen LogP contribution is -2.18. The average molecular weight is 336 g/mol. The average Bonchev–Trinajstić information content (AvgIpc) is 2.63. The standard InChI is InChI=1S/C21H24N2O2/c1-3-15-6-11-21(22-2)19(12-15)14-18-8-7-17(18)13-16-4-9-20(10-5-16)23(24)25/h4-6,9-13,18,22H,3,7-8,14H2,1-2H3/b17-13+. The Hall–Kier alpha value is -2.62. The molecule has 1 fully saturated rings. The van der Waals surface area contributed by atoms with Crippen LogP contribution in [0.4, 0.5) is 11.4 Å². The number of hydrogen-bond donors (Lipinski definition) is 1. The Labute approximate surface area is 148 Å². The maximum atomic E-state index is 10.8. The van der Waals surface area contributed by atoms with Crippen LogP contribution in [0.2, 0.25) is 0 Å². The van der Waals surface area contributed by atoms with Crippen LogP contribution in [0, 0.1) is 16.0 Å². The van der Waals surface area contributed by atoms with Gasteiger partial charge in [-0.05, 0) is 66.5 Å². The van der Waals surface area contributed by atoms with Gasteiger partial charge in [0.2, 0.25) is 0 Å². The highest BCUT2D eigenvalue weighted by Crippen LogP contribution is 2.39. The molecule has 0 spiro atoms. The summed E-state index contributed by atoms with van der Waals surface area (Å²) < 4.78 is 0. The Morgan fingerprint density at radius 1 is 1.24 bits per heavy atom. The molecule has 0 aliphatic heterocycles. The van der Waals surface area contributed by atoms with Gasteiger partial charge in [0.1, 0.15) is 0 Å². The Morgan fingerprint density at radius 2 is 2.00 bits per heavy atom. The van der Waals surface area contributed by atoms with Crippen molar-refractivity contribution in [3.05, 3.63) is 74.8 Å². The fourth-order valence-corrected chi connectivity index (χ4v) is 3.39. The van der Waals surface area contributed by atoms with Crippen LogP contribution in [-0.2, 0) is 12.8 Å². The van der Waals surface area contributed by atoms with Crippen LogP contribution < -0.4 is 5.32 Å². The predicted molar refractivity (Wildman–Crippen MR) is 103 cm³/mol. The third kappa shape index (κ3) is 3.90. The quantitative estimate of drug-likeness (QED) is 0.580. The van der Waals surface area contributed by atoms with Gasteiger partial charge in [0.05, 0.1) is 4.92 Å². The van der Waals surface area contributed by atoms with Gasteiger partial charge >= 0.3 is 0 Å². The summed E-state index contributed by atoms with van der Waals surface area (Å²) in [6, 6.07) is 13.5. The third-order valence-electron chi connectivity index (χ3n) is 5.08. The molecule has 3 rings (SSSR count). The van der Waals surface area contributed by atoms with E-state index in [1.807, 2.05) is 19.2 Å². The van der Waals surface area contributed by atoms with Crippen LogP contribution in [-0.4, -0.2) is 12.0 Å². The number of non-ortho nitro benzene ring substituents is 1. The van der Waals surface area contributed by atoms with E-state index in [4.69, 9.17) is 0 Å². The first-order valence-corrected chi connectivity index (χ1v) is 8.85. The summed E-state index contributed by atoms with van der Waals surface area (Å²) in [5, 5.41) is 14.1. The van der Waals surface area contributed by atoms with E-state index in [1.54, 1.807) is 12.1 Å². The first-order chi connectivity index (χ1) is 12.1. The number of nitro groups is 1. The number of nitrogens with zero attached hydrogens (tertiary/aromatic N) is 1. The highest BCUT2D eigenvalue weighted by atomic mass is 16.6. The van der Waals surface area contributed by atoms with Crippen molar-refractivity contribution in [1.29, 1.82) is 0 Å². The van der Waals surface area contributed by atoms with Crippen molar-refractivity contribution in [3.8, 4) is 0 Å². The number of aryl methyl sites for hydroxylation is 1. The zero-order valence-electron chi connectivity index (χ0n) is 14.8. The molecule has 0 radical (unpaired) electrons. The lowest BCUT2D eigenvalue weighted by Gasteiger charge is -2.31. The first kappa shape index (κ1) is 17.2. The highest BCUT2D eigenvalue weighted by Gasteiger charge is 2.25. The topological polar surface area (TPSA) is 55.2 Å². The van der Waals surface area contributed by atoms with E-state index in [9.17, 15) is 10.1 Å². The smallest absolute Gasteiger partial charge is 0.269 e. The predicted octanol–water partition coefficient (Wildman–Crippen LogP) is 5.24. The van der Waals surface area contributed by atoms with Gasteiger partial charge in [-0.25, -0.2) is 0 Å². The summed E-state index contributed by atoms with van der Waals surface area (Å²) >= 11 is 0. The molecular formula is C21H24N2O2. The number of nitro benzene ring substituents is 1. The number of allylic oxidation sites excluding steroid dienone is 1. The van der Waals surface area contributed by atoms with Crippen molar-refractivity contribution in [2.24, 2.45) is 5.92 Å². The molecule has 0 bridgehead atoms. The van der Waals surface area contributed by atoms with E-state index < -0.39 is 0 Å². The number of hydrogen-bond acceptors (Lipinski definition) is 3. The molecule has 2 aromatic carbocycles. The van der Waals surface area contributed by atoms with E-state index >= 15 is 0 Å². The van der Waals surface area contributed by atoms with Crippen LogP contribution in [0.15, 0.2) is 48.0 Å². The molecule has 2 aromatic rings. The third-order valence-corrected chi connectivity index (χ3v) is 5.08. The second kappa shape index (κ2) is 7.51. The molecule has 130 valence electrons. The highest BCUT2D eigenvalue weighted by molar-refractivity contribution is 5.58. The SMILES string of the molecule is CCc1ccc(NC)c(CC2CC/C2=C\c2ccc([N+](=O)[O-])cc2)c1. The lowest BCUT2D eigenvalue weighted by atomic mass is 9.74. The molecule has 1 saturated carbocycles. The minimum absolute atomic E-state index is 0.141. The molecular weight excluding hydrogens is 312 g/mol. The van der Waals surface area contributed by atoms with E-state index in [2.05, 4.69) is 36.5 Å². The van der Waals surface area contributed by atoms with Gasteiger partial charge in [-0.3, -0.25) is 10.1 Å². The van der Waals surface area contributed by atoms with Gasteiger partial charge in [0.25, 0.3) is 5.69 Å². The molecule has 0 aromatic heterocycles.